The van der Waals surface area contributed by atoms with E-state index in [2.05, 4.69) is 70.3 Å². The molecule has 2 nitrogen and oxygen atoms in total. The van der Waals surface area contributed by atoms with Crippen molar-refractivity contribution >= 4 is 30.9 Å². The third kappa shape index (κ3) is 3.25. The van der Waals surface area contributed by atoms with Crippen molar-refractivity contribution in [2.24, 2.45) is 11.3 Å². The van der Waals surface area contributed by atoms with Gasteiger partial charge in [-0.15, -0.1) is 0 Å². The first-order chi connectivity index (χ1) is 7.52. The molecule has 1 rings (SSSR count). The van der Waals surface area contributed by atoms with E-state index in [-0.39, 0.29) is 16.7 Å². The van der Waals surface area contributed by atoms with Crippen molar-refractivity contribution in [3.8, 4) is 0 Å². The first kappa shape index (κ1) is 15.9. The average molecular weight is 370 g/mol. The molecule has 2 atom stereocenters. The summed E-state index contributed by atoms with van der Waals surface area (Å²) in [5.41, 5.74) is 0.136. The molecule has 1 saturated heterocycles. The van der Waals surface area contributed by atoms with Crippen LogP contribution < -0.4 is 0 Å². The molecule has 0 bridgehead atoms. The molecule has 1 aliphatic rings. The van der Waals surface area contributed by atoms with Crippen LogP contribution in [-0.4, -0.2) is 25.6 Å². The zero-order chi connectivity index (χ0) is 13.5. The molecule has 0 aromatic rings. The van der Waals surface area contributed by atoms with E-state index in [0.717, 1.165) is 11.0 Å². The monoisotopic (exact) mass is 370 g/mol. The Bertz CT molecular complexity index is 271. The van der Waals surface area contributed by atoms with E-state index < -0.39 is 8.32 Å². The maximum atomic E-state index is 6.42. The molecule has 1 aliphatic heterocycles. The van der Waals surface area contributed by atoms with Crippen molar-refractivity contribution in [1.82, 2.24) is 0 Å². The number of hydrogen-bond acceptors (Lipinski definition) is 2. The molecular weight excluding hydrogens is 343 g/mol. The third-order valence-corrected chi connectivity index (χ3v) is 9.98. The Morgan fingerprint density at radius 1 is 1.35 bits per heavy atom. The second kappa shape index (κ2) is 5.10. The number of rotatable bonds is 3. The van der Waals surface area contributed by atoms with E-state index in [9.17, 15) is 0 Å². The first-order valence-corrected chi connectivity index (χ1v) is 10.8. The lowest BCUT2D eigenvalue weighted by molar-refractivity contribution is -0.0967. The average Bonchev–Trinajstić information content (AvgIpc) is 2.39. The van der Waals surface area contributed by atoms with Gasteiger partial charge in [0, 0.05) is 15.8 Å². The van der Waals surface area contributed by atoms with Crippen molar-refractivity contribution in [2.45, 2.75) is 59.0 Å². The van der Waals surface area contributed by atoms with Crippen LogP contribution in [0.15, 0.2) is 0 Å². The summed E-state index contributed by atoms with van der Waals surface area (Å²) in [6.45, 7) is 16.8. The molecule has 1 fully saturated rings. The summed E-state index contributed by atoms with van der Waals surface area (Å²) in [6.07, 6.45) is -0.0249. The van der Waals surface area contributed by atoms with E-state index in [1.807, 2.05) is 0 Å². The molecule has 0 aromatic carbocycles. The van der Waals surface area contributed by atoms with Crippen LogP contribution >= 0.6 is 22.6 Å². The van der Waals surface area contributed by atoms with Gasteiger partial charge in [0.2, 0.25) is 0 Å². The van der Waals surface area contributed by atoms with Gasteiger partial charge in [-0.25, -0.2) is 0 Å². The Labute approximate surface area is 121 Å². The Hall–Kier alpha value is 0.867. The lowest BCUT2D eigenvalue weighted by Crippen LogP contribution is -2.47. The number of halogens is 1. The molecule has 0 aromatic heterocycles. The summed E-state index contributed by atoms with van der Waals surface area (Å²) in [6, 6.07) is 0. The van der Waals surface area contributed by atoms with Crippen molar-refractivity contribution < 1.29 is 9.16 Å². The highest BCUT2D eigenvalue weighted by atomic mass is 127. The van der Waals surface area contributed by atoms with Gasteiger partial charge in [-0.1, -0.05) is 57.2 Å². The molecule has 0 amide bonds. The maximum Gasteiger partial charge on any atom is 0.195 e. The Morgan fingerprint density at radius 3 is 2.24 bits per heavy atom. The fourth-order valence-corrected chi connectivity index (χ4v) is 4.35. The molecule has 102 valence electrons. The van der Waals surface area contributed by atoms with Gasteiger partial charge in [-0.2, -0.15) is 0 Å². The summed E-state index contributed by atoms with van der Waals surface area (Å²) in [7, 11) is -1.73. The van der Waals surface area contributed by atoms with Gasteiger partial charge in [-0.3, -0.25) is 0 Å². The molecule has 1 heterocycles. The molecule has 4 heteroatoms. The van der Waals surface area contributed by atoms with E-state index in [1.54, 1.807) is 0 Å². The van der Waals surface area contributed by atoms with Crippen molar-refractivity contribution in [2.75, 3.05) is 11.0 Å². The largest absolute Gasteiger partial charge is 0.392 e. The quantitative estimate of drug-likeness (QED) is 0.415. The summed E-state index contributed by atoms with van der Waals surface area (Å²) in [5.74, 6) is 0.609. The Kier molecular flexibility index (Phi) is 4.77. The molecule has 0 saturated carbocycles. The fourth-order valence-electron chi connectivity index (χ4n) is 1.70. The van der Waals surface area contributed by atoms with Crippen LogP contribution in [0.5, 0.6) is 0 Å². The van der Waals surface area contributed by atoms with Crippen LogP contribution in [0.2, 0.25) is 18.1 Å². The van der Waals surface area contributed by atoms with E-state index in [4.69, 9.17) is 9.16 Å². The highest BCUT2D eigenvalue weighted by Crippen LogP contribution is 2.45. The van der Waals surface area contributed by atoms with Crippen molar-refractivity contribution in [1.29, 1.82) is 0 Å². The molecule has 0 spiro atoms. The van der Waals surface area contributed by atoms with Crippen LogP contribution in [0.1, 0.15) is 34.6 Å². The van der Waals surface area contributed by atoms with Gasteiger partial charge in [-0.05, 0) is 18.1 Å². The third-order valence-electron chi connectivity index (χ3n) is 4.50. The molecular formula is C13H27IO2Si. The van der Waals surface area contributed by atoms with Gasteiger partial charge < -0.3 is 9.16 Å². The lowest BCUT2D eigenvalue weighted by atomic mass is 9.82. The highest BCUT2D eigenvalue weighted by Gasteiger charge is 2.49. The second-order valence-corrected chi connectivity index (χ2v) is 12.9. The molecule has 1 unspecified atom stereocenters. The first-order valence-electron chi connectivity index (χ1n) is 6.38. The minimum Gasteiger partial charge on any atom is -0.392 e. The van der Waals surface area contributed by atoms with Crippen LogP contribution in [0.3, 0.4) is 0 Å². The summed E-state index contributed by atoms with van der Waals surface area (Å²) < 4.78 is 13.5. The normalized spacial score (nSPS) is 29.6. The summed E-state index contributed by atoms with van der Waals surface area (Å²) in [5, 5.41) is 0.245. The van der Waals surface area contributed by atoms with Gasteiger partial charge in [0.05, 0.1) is 6.61 Å². The Morgan fingerprint density at radius 2 is 1.88 bits per heavy atom. The molecule has 0 aliphatic carbocycles. The van der Waals surface area contributed by atoms with E-state index in [0.29, 0.717) is 5.92 Å². The SMILES string of the molecule is CC1(C)C(O[Si](C)(C)C(C)(C)C)OC[C@@H]1CI. The predicted molar refractivity (Wildman–Crippen MR) is 84.2 cm³/mol. The van der Waals surface area contributed by atoms with Gasteiger partial charge in [0.1, 0.15) is 0 Å². The standard InChI is InChI=1S/C13H27IO2Si/c1-12(2,3)17(6,7)16-11-13(4,5)10(8-14)9-15-11/h10-11H,8-9H2,1-7H3/t10-,11?/m0/s1. The van der Waals surface area contributed by atoms with Crippen molar-refractivity contribution in [3.63, 3.8) is 0 Å². The van der Waals surface area contributed by atoms with Crippen LogP contribution in [0, 0.1) is 11.3 Å². The maximum absolute atomic E-state index is 6.42. The second-order valence-electron chi connectivity index (χ2n) is 7.22. The lowest BCUT2D eigenvalue weighted by Gasteiger charge is -2.41. The number of alkyl halides is 1. The van der Waals surface area contributed by atoms with Gasteiger partial charge >= 0.3 is 0 Å². The van der Waals surface area contributed by atoms with E-state index >= 15 is 0 Å². The van der Waals surface area contributed by atoms with Crippen LogP contribution in [0.4, 0.5) is 0 Å². The summed E-state index contributed by atoms with van der Waals surface area (Å²) in [4.78, 5) is 0. The smallest absolute Gasteiger partial charge is 0.195 e. The molecule has 0 N–H and O–H groups in total. The summed E-state index contributed by atoms with van der Waals surface area (Å²) >= 11 is 2.45. The highest BCUT2D eigenvalue weighted by molar-refractivity contribution is 14.1. The molecule has 0 radical (unpaired) electrons. The minimum atomic E-state index is -1.73. The van der Waals surface area contributed by atoms with Crippen LogP contribution in [0.25, 0.3) is 0 Å². The zero-order valence-corrected chi connectivity index (χ0v) is 15.4. The number of hydrogen-bond donors (Lipinski definition) is 0. The van der Waals surface area contributed by atoms with Gasteiger partial charge in [0.15, 0.2) is 14.6 Å². The molecule has 17 heavy (non-hydrogen) atoms. The van der Waals surface area contributed by atoms with Gasteiger partial charge in [0.25, 0.3) is 0 Å². The van der Waals surface area contributed by atoms with Crippen molar-refractivity contribution in [3.05, 3.63) is 0 Å². The predicted octanol–water partition coefficient (Wildman–Crippen LogP) is 4.44. The number of ether oxygens (including phenoxy) is 1. The minimum absolute atomic E-state index is 0.0249. The zero-order valence-electron chi connectivity index (χ0n) is 12.3. The fraction of sp³-hybridized carbons (Fsp3) is 1.00. The topological polar surface area (TPSA) is 18.5 Å². The Balaban J connectivity index is 2.77. The van der Waals surface area contributed by atoms with Crippen LogP contribution in [-0.2, 0) is 9.16 Å². The van der Waals surface area contributed by atoms with E-state index in [1.165, 1.54) is 0 Å².